The first-order valence-electron chi connectivity index (χ1n) is 9.96. The van der Waals surface area contributed by atoms with Gasteiger partial charge in [0.15, 0.2) is 0 Å². The molecule has 7 nitrogen and oxygen atoms in total. The summed E-state index contributed by atoms with van der Waals surface area (Å²) in [5.41, 5.74) is 2.07. The van der Waals surface area contributed by atoms with E-state index in [1.807, 2.05) is 36.2 Å². The molecule has 4 rings (SSSR count). The number of carbonyl (C=O) groups is 1. The van der Waals surface area contributed by atoms with Crippen LogP contribution in [0, 0.1) is 0 Å². The van der Waals surface area contributed by atoms with Gasteiger partial charge in [0.2, 0.25) is 5.91 Å². The summed E-state index contributed by atoms with van der Waals surface area (Å²) in [6.07, 6.45) is 5.14. The summed E-state index contributed by atoms with van der Waals surface area (Å²) in [5.74, 6) is 0.256. The Morgan fingerprint density at radius 3 is 2.81 bits per heavy atom. The van der Waals surface area contributed by atoms with Gasteiger partial charge in [-0.15, -0.1) is 0 Å². The molecule has 2 aromatic heterocycles. The van der Waals surface area contributed by atoms with Gasteiger partial charge in [-0.2, -0.15) is 0 Å². The minimum absolute atomic E-state index is 0.0566. The molecule has 1 atom stereocenters. The lowest BCUT2D eigenvalue weighted by Crippen LogP contribution is -2.51. The molecule has 2 aliphatic heterocycles. The maximum atomic E-state index is 12.9. The van der Waals surface area contributed by atoms with Gasteiger partial charge >= 0.3 is 0 Å². The Kier molecular flexibility index (Phi) is 5.71. The Balaban J connectivity index is 1.33. The van der Waals surface area contributed by atoms with Crippen LogP contribution in [0.1, 0.15) is 19.0 Å². The van der Waals surface area contributed by atoms with E-state index in [1.54, 1.807) is 0 Å². The fourth-order valence-electron chi connectivity index (χ4n) is 4.03. The molecule has 0 bridgehead atoms. The topological polar surface area (TPSA) is 53.3 Å². The van der Waals surface area contributed by atoms with E-state index < -0.39 is 0 Å². The van der Waals surface area contributed by atoms with Crippen molar-refractivity contribution < 1.29 is 9.53 Å². The van der Waals surface area contributed by atoms with E-state index in [2.05, 4.69) is 20.4 Å². The zero-order valence-electron chi connectivity index (χ0n) is 16.1. The van der Waals surface area contributed by atoms with Crippen molar-refractivity contribution in [2.75, 3.05) is 52.5 Å². The molecule has 0 radical (unpaired) electrons. The number of carbonyl (C=O) groups excluding carboxylic acids is 1. The van der Waals surface area contributed by atoms with Gasteiger partial charge in [-0.05, 0) is 25.5 Å². The third-order valence-electron chi connectivity index (χ3n) is 5.65. The van der Waals surface area contributed by atoms with E-state index in [9.17, 15) is 4.79 Å². The van der Waals surface area contributed by atoms with E-state index in [0.29, 0.717) is 0 Å². The molecular formula is C20H29N5O2. The molecule has 0 spiro atoms. The van der Waals surface area contributed by atoms with Crippen LogP contribution in [-0.4, -0.2) is 88.5 Å². The maximum absolute atomic E-state index is 12.9. The molecule has 0 aliphatic carbocycles. The second kappa shape index (κ2) is 8.37. The zero-order valence-corrected chi connectivity index (χ0v) is 16.1. The lowest BCUT2D eigenvalue weighted by atomic mass is 10.2. The molecule has 1 amide bonds. The Bertz CT molecular complexity index is 738. The number of ether oxygens (including phenoxy) is 1. The van der Waals surface area contributed by atoms with Crippen LogP contribution in [0.4, 0.5) is 0 Å². The molecule has 1 unspecified atom stereocenters. The lowest BCUT2D eigenvalue weighted by Gasteiger charge is -2.34. The van der Waals surface area contributed by atoms with Crippen molar-refractivity contribution in [3.63, 3.8) is 0 Å². The number of aromatic nitrogens is 2. The van der Waals surface area contributed by atoms with Crippen LogP contribution in [-0.2, 0) is 16.1 Å². The van der Waals surface area contributed by atoms with Crippen LogP contribution in [0.15, 0.2) is 30.6 Å². The summed E-state index contributed by atoms with van der Waals surface area (Å²) < 4.78 is 7.47. The molecule has 146 valence electrons. The number of hydrogen-bond donors (Lipinski definition) is 0. The SMILES string of the molecule is CC(C(=O)N1CCCN(Cc2cn3ccccc3n2)CC1)N1CCOCC1. The highest BCUT2D eigenvalue weighted by atomic mass is 16.5. The Morgan fingerprint density at radius 2 is 2.00 bits per heavy atom. The van der Waals surface area contributed by atoms with Crippen LogP contribution >= 0.6 is 0 Å². The molecule has 0 N–H and O–H groups in total. The lowest BCUT2D eigenvalue weighted by molar-refractivity contribution is -0.137. The monoisotopic (exact) mass is 371 g/mol. The van der Waals surface area contributed by atoms with Crippen molar-refractivity contribution >= 4 is 11.6 Å². The Hall–Kier alpha value is -1.96. The second-order valence-corrected chi connectivity index (χ2v) is 7.48. The normalized spacial score (nSPS) is 21.3. The first-order chi connectivity index (χ1) is 13.2. The van der Waals surface area contributed by atoms with E-state index in [0.717, 1.165) is 76.8 Å². The predicted octanol–water partition coefficient (Wildman–Crippen LogP) is 1.09. The van der Waals surface area contributed by atoms with E-state index in [-0.39, 0.29) is 11.9 Å². The Morgan fingerprint density at radius 1 is 1.15 bits per heavy atom. The van der Waals surface area contributed by atoms with E-state index in [1.165, 1.54) is 0 Å². The molecule has 2 saturated heterocycles. The average molecular weight is 371 g/mol. The molecule has 0 aromatic carbocycles. The van der Waals surface area contributed by atoms with Gasteiger partial charge in [0, 0.05) is 58.2 Å². The molecule has 27 heavy (non-hydrogen) atoms. The second-order valence-electron chi connectivity index (χ2n) is 7.48. The van der Waals surface area contributed by atoms with Crippen molar-refractivity contribution in [1.29, 1.82) is 0 Å². The number of nitrogens with zero attached hydrogens (tertiary/aromatic N) is 5. The highest BCUT2D eigenvalue weighted by molar-refractivity contribution is 5.81. The molecule has 2 fully saturated rings. The van der Waals surface area contributed by atoms with Crippen molar-refractivity contribution in [1.82, 2.24) is 24.1 Å². The molecule has 2 aliphatic rings. The van der Waals surface area contributed by atoms with E-state index >= 15 is 0 Å². The van der Waals surface area contributed by atoms with Gasteiger partial charge in [-0.25, -0.2) is 4.98 Å². The fraction of sp³-hybridized carbons (Fsp3) is 0.600. The molecule has 7 heteroatoms. The van der Waals surface area contributed by atoms with Crippen molar-refractivity contribution in [2.24, 2.45) is 0 Å². The minimum Gasteiger partial charge on any atom is -0.379 e. The number of hydrogen-bond acceptors (Lipinski definition) is 5. The average Bonchev–Trinajstić information content (AvgIpc) is 2.97. The third-order valence-corrected chi connectivity index (χ3v) is 5.65. The van der Waals surface area contributed by atoms with Crippen LogP contribution in [0.5, 0.6) is 0 Å². The molecule has 2 aromatic rings. The van der Waals surface area contributed by atoms with E-state index in [4.69, 9.17) is 9.72 Å². The number of imidazole rings is 1. The number of morpholine rings is 1. The summed E-state index contributed by atoms with van der Waals surface area (Å²) in [5, 5.41) is 0. The highest BCUT2D eigenvalue weighted by Gasteiger charge is 2.28. The molecule has 4 heterocycles. The highest BCUT2D eigenvalue weighted by Crippen LogP contribution is 2.13. The smallest absolute Gasteiger partial charge is 0.239 e. The predicted molar refractivity (Wildman–Crippen MR) is 104 cm³/mol. The molecular weight excluding hydrogens is 342 g/mol. The Labute approximate surface area is 160 Å². The van der Waals surface area contributed by atoms with Crippen molar-refractivity contribution in [2.45, 2.75) is 25.9 Å². The largest absolute Gasteiger partial charge is 0.379 e. The summed E-state index contributed by atoms with van der Waals surface area (Å²) in [7, 11) is 0. The van der Waals surface area contributed by atoms with Gasteiger partial charge in [-0.3, -0.25) is 14.6 Å². The fourth-order valence-corrected chi connectivity index (χ4v) is 4.03. The third kappa shape index (κ3) is 4.31. The number of amides is 1. The first kappa shape index (κ1) is 18.4. The van der Waals surface area contributed by atoms with Crippen molar-refractivity contribution in [3.05, 3.63) is 36.3 Å². The zero-order chi connectivity index (χ0) is 18.6. The summed E-state index contributed by atoms with van der Waals surface area (Å²) >= 11 is 0. The summed E-state index contributed by atoms with van der Waals surface area (Å²) in [6, 6.07) is 6.00. The standard InChI is InChI=1S/C20H29N5O2/c1-17(23-11-13-27-14-12-23)20(26)24-8-4-6-22(9-10-24)15-18-16-25-7-3-2-5-19(25)21-18/h2-3,5,7,16-17H,4,6,8-15H2,1H3. The molecule has 0 saturated carbocycles. The summed E-state index contributed by atoms with van der Waals surface area (Å²) in [4.78, 5) is 24.3. The number of rotatable bonds is 4. The van der Waals surface area contributed by atoms with Gasteiger partial charge < -0.3 is 14.0 Å². The van der Waals surface area contributed by atoms with Gasteiger partial charge in [0.25, 0.3) is 0 Å². The number of pyridine rings is 1. The maximum Gasteiger partial charge on any atom is 0.239 e. The van der Waals surface area contributed by atoms with Crippen LogP contribution in [0.3, 0.4) is 0 Å². The number of fused-ring (bicyclic) bond motifs is 1. The summed E-state index contributed by atoms with van der Waals surface area (Å²) in [6.45, 7) is 9.56. The van der Waals surface area contributed by atoms with Crippen LogP contribution in [0.2, 0.25) is 0 Å². The van der Waals surface area contributed by atoms with Crippen LogP contribution in [0.25, 0.3) is 5.65 Å². The van der Waals surface area contributed by atoms with Gasteiger partial charge in [-0.1, -0.05) is 6.07 Å². The first-order valence-corrected chi connectivity index (χ1v) is 9.96. The quantitative estimate of drug-likeness (QED) is 0.805. The van der Waals surface area contributed by atoms with Crippen molar-refractivity contribution in [3.8, 4) is 0 Å². The van der Waals surface area contributed by atoms with Crippen LogP contribution < -0.4 is 0 Å². The minimum atomic E-state index is -0.0566. The van der Waals surface area contributed by atoms with Gasteiger partial charge in [0.1, 0.15) is 5.65 Å². The van der Waals surface area contributed by atoms with Gasteiger partial charge in [0.05, 0.1) is 24.9 Å².